The minimum Gasteiger partial charge on any atom is -0.469 e. The SMILES string of the molecule is COC(=O)Cc1nn(C)c2c1nnc1nc(C)nn12. The molecule has 0 spiro atoms. The van der Waals surface area contributed by atoms with E-state index in [2.05, 4.69) is 30.1 Å². The molecular formula is C10H11N7O2. The molecule has 3 rings (SSSR count). The molecule has 3 aromatic rings. The molecule has 9 heteroatoms. The van der Waals surface area contributed by atoms with Crippen molar-refractivity contribution in [2.75, 3.05) is 7.11 Å². The lowest BCUT2D eigenvalue weighted by Crippen LogP contribution is -2.06. The van der Waals surface area contributed by atoms with E-state index in [0.29, 0.717) is 28.5 Å². The van der Waals surface area contributed by atoms with Gasteiger partial charge in [-0.25, -0.2) is 4.68 Å². The van der Waals surface area contributed by atoms with Crippen molar-refractivity contribution in [2.24, 2.45) is 7.05 Å². The average Bonchev–Trinajstić information content (AvgIpc) is 2.89. The van der Waals surface area contributed by atoms with Gasteiger partial charge in [-0.3, -0.25) is 4.79 Å². The summed E-state index contributed by atoms with van der Waals surface area (Å²) in [5.41, 5.74) is 1.67. The number of aromatic nitrogens is 7. The van der Waals surface area contributed by atoms with Crippen LogP contribution in [0.3, 0.4) is 0 Å². The molecule has 0 N–H and O–H groups in total. The highest BCUT2D eigenvalue weighted by molar-refractivity contribution is 5.81. The van der Waals surface area contributed by atoms with Crippen LogP contribution in [0.2, 0.25) is 0 Å². The second-order valence-corrected chi connectivity index (χ2v) is 4.07. The van der Waals surface area contributed by atoms with Crippen LogP contribution in [-0.2, 0) is 23.0 Å². The molecule has 0 aromatic carbocycles. The summed E-state index contributed by atoms with van der Waals surface area (Å²) < 4.78 is 7.79. The Bertz CT molecular complexity index is 788. The Morgan fingerprint density at radius 3 is 2.84 bits per heavy atom. The Hall–Kier alpha value is -2.58. The maximum absolute atomic E-state index is 11.3. The van der Waals surface area contributed by atoms with Crippen molar-refractivity contribution in [1.29, 1.82) is 0 Å². The molecule has 0 saturated carbocycles. The number of esters is 1. The molecule has 0 amide bonds. The van der Waals surface area contributed by atoms with E-state index in [4.69, 9.17) is 0 Å². The molecule has 0 radical (unpaired) electrons. The van der Waals surface area contributed by atoms with Gasteiger partial charge in [-0.1, -0.05) is 0 Å². The third kappa shape index (κ3) is 1.70. The van der Waals surface area contributed by atoms with Crippen LogP contribution in [0.5, 0.6) is 0 Å². The van der Waals surface area contributed by atoms with Crippen molar-refractivity contribution in [1.82, 2.24) is 34.6 Å². The molecule has 0 atom stereocenters. The minimum absolute atomic E-state index is 0.0434. The Morgan fingerprint density at radius 1 is 1.32 bits per heavy atom. The molecule has 0 aliphatic rings. The summed E-state index contributed by atoms with van der Waals surface area (Å²) in [6.07, 6.45) is 0.0434. The van der Waals surface area contributed by atoms with Crippen molar-refractivity contribution < 1.29 is 9.53 Å². The van der Waals surface area contributed by atoms with E-state index in [-0.39, 0.29) is 12.4 Å². The van der Waals surface area contributed by atoms with Crippen LogP contribution in [0, 0.1) is 6.92 Å². The van der Waals surface area contributed by atoms with Crippen LogP contribution >= 0.6 is 0 Å². The predicted octanol–water partition coefficient (Wildman–Crippen LogP) is -0.570. The average molecular weight is 261 g/mol. The number of ether oxygens (including phenoxy) is 1. The fourth-order valence-corrected chi connectivity index (χ4v) is 1.93. The number of methoxy groups -OCH3 is 1. The molecule has 9 nitrogen and oxygen atoms in total. The first kappa shape index (κ1) is 11.5. The molecular weight excluding hydrogens is 250 g/mol. The van der Waals surface area contributed by atoms with E-state index >= 15 is 0 Å². The van der Waals surface area contributed by atoms with Crippen molar-refractivity contribution in [3.63, 3.8) is 0 Å². The van der Waals surface area contributed by atoms with E-state index in [1.54, 1.807) is 23.2 Å². The summed E-state index contributed by atoms with van der Waals surface area (Å²) in [6.45, 7) is 1.77. The van der Waals surface area contributed by atoms with Crippen LogP contribution in [0.25, 0.3) is 16.9 Å². The number of carbonyl (C=O) groups is 1. The topological polar surface area (TPSA) is 100 Å². The Morgan fingerprint density at radius 2 is 2.11 bits per heavy atom. The van der Waals surface area contributed by atoms with Gasteiger partial charge in [-0.15, -0.1) is 15.3 Å². The third-order valence-corrected chi connectivity index (χ3v) is 2.74. The fraction of sp³-hybridized carbons (Fsp3) is 0.400. The largest absolute Gasteiger partial charge is 0.469 e. The summed E-state index contributed by atoms with van der Waals surface area (Å²) in [6, 6.07) is 0. The summed E-state index contributed by atoms with van der Waals surface area (Å²) in [4.78, 5) is 15.5. The van der Waals surface area contributed by atoms with Gasteiger partial charge < -0.3 is 4.74 Å². The molecule has 0 unspecified atom stereocenters. The van der Waals surface area contributed by atoms with Gasteiger partial charge in [0.25, 0.3) is 5.78 Å². The third-order valence-electron chi connectivity index (χ3n) is 2.74. The smallest absolute Gasteiger partial charge is 0.311 e. The molecule has 19 heavy (non-hydrogen) atoms. The highest BCUT2D eigenvalue weighted by Gasteiger charge is 2.18. The first-order valence-corrected chi connectivity index (χ1v) is 5.58. The predicted molar refractivity (Wildman–Crippen MR) is 63.3 cm³/mol. The van der Waals surface area contributed by atoms with Crippen LogP contribution in [0.15, 0.2) is 0 Å². The summed E-state index contributed by atoms with van der Waals surface area (Å²) in [5.74, 6) is 0.617. The second-order valence-electron chi connectivity index (χ2n) is 4.07. The van der Waals surface area contributed by atoms with E-state index in [9.17, 15) is 4.79 Å². The molecule has 0 saturated heterocycles. The first-order valence-electron chi connectivity index (χ1n) is 5.58. The standard InChI is InChI=1S/C10H11N7O2/c1-5-11-10-13-12-8-6(4-7(18)19-3)15-16(2)9(8)17(10)14-5/h4H2,1-3H3. The lowest BCUT2D eigenvalue weighted by atomic mass is 10.3. The van der Waals surface area contributed by atoms with Gasteiger partial charge in [0.15, 0.2) is 11.2 Å². The zero-order valence-corrected chi connectivity index (χ0v) is 10.7. The van der Waals surface area contributed by atoms with Crippen molar-refractivity contribution >= 4 is 22.9 Å². The minimum atomic E-state index is -0.378. The van der Waals surface area contributed by atoms with Crippen LogP contribution in [-0.4, -0.2) is 47.7 Å². The van der Waals surface area contributed by atoms with E-state index in [1.807, 2.05) is 0 Å². The first-order chi connectivity index (χ1) is 9.10. The lowest BCUT2D eigenvalue weighted by Gasteiger charge is -1.95. The highest BCUT2D eigenvalue weighted by atomic mass is 16.5. The Kier molecular flexibility index (Phi) is 2.40. The fourth-order valence-electron chi connectivity index (χ4n) is 1.93. The number of rotatable bonds is 2. The van der Waals surface area contributed by atoms with Gasteiger partial charge in [0.05, 0.1) is 13.5 Å². The summed E-state index contributed by atoms with van der Waals surface area (Å²) in [5, 5.41) is 16.5. The molecule has 3 aromatic heterocycles. The monoisotopic (exact) mass is 261 g/mol. The molecule has 98 valence electrons. The number of hydrogen-bond acceptors (Lipinski definition) is 7. The summed E-state index contributed by atoms with van der Waals surface area (Å²) in [7, 11) is 3.08. The number of aryl methyl sites for hydroxylation is 2. The van der Waals surface area contributed by atoms with Gasteiger partial charge in [0.1, 0.15) is 11.5 Å². The maximum atomic E-state index is 11.3. The lowest BCUT2D eigenvalue weighted by molar-refractivity contribution is -0.139. The molecule has 0 aliphatic carbocycles. The van der Waals surface area contributed by atoms with Crippen LogP contribution in [0.4, 0.5) is 0 Å². The van der Waals surface area contributed by atoms with E-state index < -0.39 is 0 Å². The van der Waals surface area contributed by atoms with Crippen molar-refractivity contribution in [3.05, 3.63) is 11.5 Å². The molecule has 3 heterocycles. The van der Waals surface area contributed by atoms with Gasteiger partial charge in [-0.05, 0) is 6.92 Å². The van der Waals surface area contributed by atoms with Gasteiger partial charge in [0, 0.05) is 7.05 Å². The van der Waals surface area contributed by atoms with Crippen LogP contribution in [0.1, 0.15) is 11.5 Å². The number of nitrogens with zero attached hydrogens (tertiary/aromatic N) is 7. The zero-order valence-electron chi connectivity index (χ0n) is 10.7. The Balaban J connectivity index is 2.27. The second kappa shape index (κ2) is 3.97. The quantitative estimate of drug-likeness (QED) is 0.569. The van der Waals surface area contributed by atoms with Gasteiger partial charge in [-0.2, -0.15) is 14.6 Å². The van der Waals surface area contributed by atoms with Gasteiger partial charge >= 0.3 is 5.97 Å². The number of fused-ring (bicyclic) bond motifs is 3. The van der Waals surface area contributed by atoms with E-state index in [1.165, 1.54) is 7.11 Å². The van der Waals surface area contributed by atoms with E-state index in [0.717, 1.165) is 0 Å². The van der Waals surface area contributed by atoms with Crippen molar-refractivity contribution in [3.8, 4) is 0 Å². The maximum Gasteiger partial charge on any atom is 0.311 e. The molecule has 0 bridgehead atoms. The molecule has 0 fully saturated rings. The van der Waals surface area contributed by atoms with Crippen molar-refractivity contribution in [2.45, 2.75) is 13.3 Å². The van der Waals surface area contributed by atoms with Gasteiger partial charge in [0.2, 0.25) is 0 Å². The normalized spacial score (nSPS) is 11.3. The highest BCUT2D eigenvalue weighted by Crippen LogP contribution is 2.15. The van der Waals surface area contributed by atoms with Crippen LogP contribution < -0.4 is 0 Å². The number of hydrogen-bond donors (Lipinski definition) is 0. The molecule has 0 aliphatic heterocycles. The number of carbonyl (C=O) groups excluding carboxylic acids is 1. The Labute approximate surface area is 107 Å². The zero-order chi connectivity index (χ0) is 13.6. The summed E-state index contributed by atoms with van der Waals surface area (Å²) >= 11 is 0.